The van der Waals surface area contributed by atoms with Gasteiger partial charge in [-0.1, -0.05) is 18.5 Å². The molecule has 6 nitrogen and oxygen atoms in total. The Labute approximate surface area is 145 Å². The number of hydrogen-bond acceptors (Lipinski definition) is 6. The van der Waals surface area contributed by atoms with Gasteiger partial charge in [0.15, 0.2) is 0 Å². The average molecular weight is 349 g/mol. The second-order valence-electron chi connectivity index (χ2n) is 5.48. The van der Waals surface area contributed by atoms with Crippen molar-refractivity contribution in [3.05, 3.63) is 32.6 Å². The van der Waals surface area contributed by atoms with Gasteiger partial charge in [-0.2, -0.15) is 0 Å². The van der Waals surface area contributed by atoms with E-state index in [2.05, 4.69) is 22.4 Å². The van der Waals surface area contributed by atoms with Crippen LogP contribution in [-0.4, -0.2) is 34.3 Å². The predicted molar refractivity (Wildman–Crippen MR) is 95.1 cm³/mol. The highest BCUT2D eigenvalue weighted by atomic mass is 32.1. The first-order valence-electron chi connectivity index (χ1n) is 8.06. The number of unbranched alkanes of at least 4 members (excludes halogenated alkanes) is 1. The molecule has 0 unspecified atom stereocenters. The summed E-state index contributed by atoms with van der Waals surface area (Å²) >= 11 is 1.33. The lowest BCUT2D eigenvalue weighted by atomic mass is 10.1. The summed E-state index contributed by atoms with van der Waals surface area (Å²) in [5.74, 6) is 0.579. The summed E-state index contributed by atoms with van der Waals surface area (Å²) in [6.07, 6.45) is 6.89. The molecule has 0 saturated carbocycles. The molecule has 0 aromatic carbocycles. The van der Waals surface area contributed by atoms with Gasteiger partial charge in [-0.15, -0.1) is 11.3 Å². The lowest BCUT2D eigenvalue weighted by Crippen LogP contribution is -2.26. The number of aliphatic hydroxyl groups is 1. The van der Waals surface area contributed by atoms with Gasteiger partial charge >= 0.3 is 0 Å². The zero-order valence-electron chi connectivity index (χ0n) is 14.3. The molecule has 7 heteroatoms. The highest BCUT2D eigenvalue weighted by Gasteiger charge is 2.14. The van der Waals surface area contributed by atoms with E-state index in [0.29, 0.717) is 10.6 Å². The van der Waals surface area contributed by atoms with Crippen LogP contribution in [0.5, 0.6) is 0 Å². The van der Waals surface area contributed by atoms with Crippen molar-refractivity contribution in [2.45, 2.75) is 40.0 Å². The summed E-state index contributed by atoms with van der Waals surface area (Å²) < 4.78 is 5.29. The minimum Gasteiger partial charge on any atom is -0.395 e. The SMILES string of the molecule is CCCCc1noc(C)c1C=Cc1nc(C)c(C(=O)NCCO)s1. The number of amides is 1. The van der Waals surface area contributed by atoms with E-state index in [0.717, 1.165) is 41.3 Å². The number of nitrogens with zero attached hydrogens (tertiary/aromatic N) is 2. The van der Waals surface area contributed by atoms with Gasteiger partial charge in [0.25, 0.3) is 5.91 Å². The monoisotopic (exact) mass is 349 g/mol. The number of thiazole rings is 1. The minimum atomic E-state index is -0.205. The molecular weight excluding hydrogens is 326 g/mol. The van der Waals surface area contributed by atoms with Crippen LogP contribution in [0.2, 0.25) is 0 Å². The zero-order chi connectivity index (χ0) is 17.5. The molecule has 0 atom stereocenters. The molecule has 2 aromatic heterocycles. The molecule has 0 spiro atoms. The first kappa shape index (κ1) is 18.4. The second-order valence-corrected chi connectivity index (χ2v) is 6.51. The van der Waals surface area contributed by atoms with Gasteiger partial charge in [-0.3, -0.25) is 4.79 Å². The first-order valence-corrected chi connectivity index (χ1v) is 8.88. The van der Waals surface area contributed by atoms with Crippen LogP contribution in [0.3, 0.4) is 0 Å². The van der Waals surface area contributed by atoms with Gasteiger partial charge in [0, 0.05) is 12.1 Å². The third-order valence-corrected chi connectivity index (χ3v) is 4.68. The Kier molecular flexibility index (Phi) is 6.69. The number of carbonyl (C=O) groups excluding carboxylic acids is 1. The Bertz CT molecular complexity index is 719. The van der Waals surface area contributed by atoms with E-state index in [9.17, 15) is 4.79 Å². The lowest BCUT2D eigenvalue weighted by Gasteiger charge is -1.99. The fourth-order valence-electron chi connectivity index (χ4n) is 2.27. The molecule has 0 aliphatic heterocycles. The van der Waals surface area contributed by atoms with E-state index in [-0.39, 0.29) is 19.1 Å². The molecule has 0 bridgehead atoms. The Balaban J connectivity index is 2.15. The molecule has 0 aliphatic carbocycles. The molecule has 1 amide bonds. The molecule has 0 aliphatic rings. The molecule has 0 saturated heterocycles. The van der Waals surface area contributed by atoms with Gasteiger partial charge in [0.05, 0.1) is 18.0 Å². The van der Waals surface area contributed by atoms with Crippen LogP contribution >= 0.6 is 11.3 Å². The third kappa shape index (κ3) is 4.52. The normalized spacial score (nSPS) is 11.3. The summed E-state index contributed by atoms with van der Waals surface area (Å²) in [5.41, 5.74) is 2.63. The number of rotatable bonds is 8. The Morgan fingerprint density at radius 3 is 2.88 bits per heavy atom. The molecule has 24 heavy (non-hydrogen) atoms. The zero-order valence-corrected chi connectivity index (χ0v) is 15.1. The fraction of sp³-hybridized carbons (Fsp3) is 0.471. The second kappa shape index (κ2) is 8.75. The van der Waals surface area contributed by atoms with Crippen LogP contribution in [0, 0.1) is 13.8 Å². The summed E-state index contributed by atoms with van der Waals surface area (Å²) in [4.78, 5) is 17.0. The highest BCUT2D eigenvalue weighted by molar-refractivity contribution is 7.14. The molecule has 2 rings (SSSR count). The van der Waals surface area contributed by atoms with E-state index in [1.165, 1.54) is 11.3 Å². The Morgan fingerprint density at radius 1 is 1.38 bits per heavy atom. The molecule has 2 N–H and O–H groups in total. The quantitative estimate of drug-likeness (QED) is 0.765. The van der Waals surface area contributed by atoms with Crippen molar-refractivity contribution in [1.29, 1.82) is 0 Å². The van der Waals surface area contributed by atoms with Crippen molar-refractivity contribution in [2.24, 2.45) is 0 Å². The maximum atomic E-state index is 12.0. The smallest absolute Gasteiger partial charge is 0.263 e. The lowest BCUT2D eigenvalue weighted by molar-refractivity contribution is 0.0948. The van der Waals surface area contributed by atoms with Crippen LogP contribution < -0.4 is 5.32 Å². The van der Waals surface area contributed by atoms with Crippen LogP contribution in [0.15, 0.2) is 4.52 Å². The highest BCUT2D eigenvalue weighted by Crippen LogP contribution is 2.23. The Morgan fingerprint density at radius 2 is 2.17 bits per heavy atom. The molecule has 2 aromatic rings. The number of carbonyl (C=O) groups is 1. The van der Waals surface area contributed by atoms with Gasteiger partial charge in [-0.25, -0.2) is 4.98 Å². The maximum absolute atomic E-state index is 12.0. The van der Waals surface area contributed by atoms with Gasteiger partial charge < -0.3 is 14.9 Å². The van der Waals surface area contributed by atoms with Crippen LogP contribution in [0.25, 0.3) is 12.2 Å². The van der Waals surface area contributed by atoms with Crippen molar-refractivity contribution in [1.82, 2.24) is 15.5 Å². The van der Waals surface area contributed by atoms with E-state index in [1.807, 2.05) is 19.1 Å². The van der Waals surface area contributed by atoms with Crippen molar-refractivity contribution >= 4 is 29.4 Å². The van der Waals surface area contributed by atoms with Crippen molar-refractivity contribution in [3.8, 4) is 0 Å². The molecule has 0 fully saturated rings. The molecule has 2 heterocycles. The van der Waals surface area contributed by atoms with E-state index in [4.69, 9.17) is 9.63 Å². The van der Waals surface area contributed by atoms with E-state index >= 15 is 0 Å². The van der Waals surface area contributed by atoms with E-state index in [1.54, 1.807) is 6.92 Å². The molecule has 130 valence electrons. The number of aryl methyl sites for hydroxylation is 3. The molecule has 0 radical (unpaired) electrons. The summed E-state index contributed by atoms with van der Waals surface area (Å²) in [5, 5.41) is 16.3. The maximum Gasteiger partial charge on any atom is 0.263 e. The summed E-state index contributed by atoms with van der Waals surface area (Å²) in [6, 6.07) is 0. The summed E-state index contributed by atoms with van der Waals surface area (Å²) in [6.45, 7) is 6.00. The third-order valence-electron chi connectivity index (χ3n) is 3.56. The largest absolute Gasteiger partial charge is 0.395 e. The number of aliphatic hydroxyl groups excluding tert-OH is 1. The van der Waals surface area contributed by atoms with Crippen LogP contribution in [0.4, 0.5) is 0 Å². The topological polar surface area (TPSA) is 88.2 Å². The number of aromatic nitrogens is 2. The summed E-state index contributed by atoms with van der Waals surface area (Å²) in [7, 11) is 0. The first-order chi connectivity index (χ1) is 11.6. The average Bonchev–Trinajstić information content (AvgIpc) is 3.11. The number of nitrogens with one attached hydrogen (secondary N) is 1. The van der Waals surface area contributed by atoms with Gasteiger partial charge in [-0.05, 0) is 38.8 Å². The molecular formula is C17H23N3O3S. The van der Waals surface area contributed by atoms with Crippen LogP contribution in [-0.2, 0) is 6.42 Å². The van der Waals surface area contributed by atoms with Gasteiger partial charge in [0.1, 0.15) is 15.6 Å². The standard InChI is InChI=1S/C17H23N3O3S/c1-4-5-6-14-13(12(3)23-20-14)7-8-15-19-11(2)16(24-15)17(22)18-9-10-21/h7-8,21H,4-6,9-10H2,1-3H3,(H,18,22). The van der Waals surface area contributed by atoms with Crippen LogP contribution in [0.1, 0.15) is 57.2 Å². The minimum absolute atomic E-state index is 0.0797. The predicted octanol–water partition coefficient (Wildman–Crippen LogP) is 2.98. The van der Waals surface area contributed by atoms with Crippen molar-refractivity contribution in [2.75, 3.05) is 13.2 Å². The fourth-order valence-corrected chi connectivity index (χ4v) is 3.15. The van der Waals surface area contributed by atoms with E-state index < -0.39 is 0 Å². The Hall–Kier alpha value is -1.99. The van der Waals surface area contributed by atoms with Crippen molar-refractivity contribution < 1.29 is 14.4 Å². The number of hydrogen-bond donors (Lipinski definition) is 2. The van der Waals surface area contributed by atoms with Crippen molar-refractivity contribution in [3.63, 3.8) is 0 Å². The van der Waals surface area contributed by atoms with Gasteiger partial charge in [0.2, 0.25) is 0 Å².